The highest BCUT2D eigenvalue weighted by atomic mass is 16.1. The molecule has 0 saturated heterocycles. The maximum absolute atomic E-state index is 13.4. The summed E-state index contributed by atoms with van der Waals surface area (Å²) in [6.45, 7) is 6.59. The molecule has 1 N–H and O–H groups in total. The maximum Gasteiger partial charge on any atom is 0.252 e. The average Bonchev–Trinajstić information content (AvgIpc) is 3.09. The van der Waals surface area contributed by atoms with Crippen molar-refractivity contribution in [3.05, 3.63) is 95.3 Å². The standard InChI is InChI=1S/C27H27N3O/c1-18-25-23(28-26(31)22-15-9-11-19-10-7-8-14-21(19)22)16-27(2,3)17-24(25)30(29-18)20-12-5-4-6-13-20/h4-15,23H,16-17H2,1-3H3,(H,28,31). The second-order valence-electron chi connectivity index (χ2n) is 9.29. The fourth-order valence-electron chi connectivity index (χ4n) is 4.96. The summed E-state index contributed by atoms with van der Waals surface area (Å²) in [6, 6.07) is 24.1. The first kappa shape index (κ1) is 19.6. The van der Waals surface area contributed by atoms with Crippen LogP contribution in [0.3, 0.4) is 0 Å². The van der Waals surface area contributed by atoms with E-state index in [0.29, 0.717) is 0 Å². The van der Waals surface area contributed by atoms with Crippen molar-refractivity contribution in [2.75, 3.05) is 0 Å². The summed E-state index contributed by atoms with van der Waals surface area (Å²) in [5.74, 6) is -0.0303. The highest BCUT2D eigenvalue weighted by Gasteiger charge is 2.37. The van der Waals surface area contributed by atoms with E-state index in [2.05, 4.69) is 36.0 Å². The van der Waals surface area contributed by atoms with Gasteiger partial charge in [-0.25, -0.2) is 4.68 Å². The lowest BCUT2D eigenvalue weighted by Gasteiger charge is -2.36. The van der Waals surface area contributed by atoms with Crippen LogP contribution in [-0.4, -0.2) is 15.7 Å². The highest BCUT2D eigenvalue weighted by molar-refractivity contribution is 6.07. The van der Waals surface area contributed by atoms with Gasteiger partial charge in [-0.1, -0.05) is 68.4 Å². The fourth-order valence-corrected chi connectivity index (χ4v) is 4.96. The maximum atomic E-state index is 13.4. The van der Waals surface area contributed by atoms with Gasteiger partial charge in [-0.3, -0.25) is 4.79 Å². The number of benzene rings is 3. The van der Waals surface area contributed by atoms with Crippen molar-refractivity contribution in [3.63, 3.8) is 0 Å². The van der Waals surface area contributed by atoms with Gasteiger partial charge in [0.05, 0.1) is 23.1 Å². The van der Waals surface area contributed by atoms with Gasteiger partial charge in [-0.2, -0.15) is 5.10 Å². The quantitative estimate of drug-likeness (QED) is 0.466. The molecule has 1 aliphatic rings. The fraction of sp³-hybridized carbons (Fsp3) is 0.259. The zero-order chi connectivity index (χ0) is 21.6. The Bertz CT molecular complexity index is 1270. The number of aryl methyl sites for hydroxylation is 1. The number of nitrogens with zero attached hydrogens (tertiary/aromatic N) is 2. The van der Waals surface area contributed by atoms with Gasteiger partial charge in [0.2, 0.25) is 0 Å². The normalized spacial score (nSPS) is 17.3. The number of fused-ring (bicyclic) bond motifs is 2. The third-order valence-corrected chi connectivity index (χ3v) is 6.30. The zero-order valence-corrected chi connectivity index (χ0v) is 18.2. The summed E-state index contributed by atoms with van der Waals surface area (Å²) in [4.78, 5) is 13.4. The minimum absolute atomic E-state index is 0.0303. The molecule has 0 bridgehead atoms. The monoisotopic (exact) mass is 409 g/mol. The van der Waals surface area contributed by atoms with Crippen LogP contribution >= 0.6 is 0 Å². The summed E-state index contributed by atoms with van der Waals surface area (Å²) >= 11 is 0. The van der Waals surface area contributed by atoms with Crippen molar-refractivity contribution < 1.29 is 4.79 Å². The summed E-state index contributed by atoms with van der Waals surface area (Å²) < 4.78 is 2.06. The Morgan fingerprint density at radius 3 is 2.52 bits per heavy atom. The van der Waals surface area contributed by atoms with E-state index in [9.17, 15) is 4.79 Å². The Balaban J connectivity index is 1.55. The summed E-state index contributed by atoms with van der Waals surface area (Å²) in [5.41, 5.74) is 5.18. The Kier molecular flexibility index (Phi) is 4.66. The molecule has 4 nitrogen and oxygen atoms in total. The van der Waals surface area contributed by atoms with Crippen LogP contribution in [0.5, 0.6) is 0 Å². The van der Waals surface area contributed by atoms with Crippen LogP contribution in [-0.2, 0) is 6.42 Å². The van der Waals surface area contributed by atoms with Crippen LogP contribution < -0.4 is 5.32 Å². The molecule has 0 spiro atoms. The van der Waals surface area contributed by atoms with Gasteiger partial charge in [0.25, 0.3) is 5.91 Å². The Hall–Kier alpha value is -3.40. The molecule has 5 rings (SSSR count). The van der Waals surface area contributed by atoms with Gasteiger partial charge in [-0.15, -0.1) is 0 Å². The van der Waals surface area contributed by atoms with E-state index >= 15 is 0 Å². The molecule has 3 aromatic carbocycles. The Morgan fingerprint density at radius 2 is 1.71 bits per heavy atom. The molecule has 4 heteroatoms. The first-order chi connectivity index (χ1) is 14.9. The molecule has 0 fully saturated rings. The van der Waals surface area contributed by atoms with Gasteiger partial charge in [0.15, 0.2) is 0 Å². The average molecular weight is 410 g/mol. The van der Waals surface area contributed by atoms with Crippen LogP contribution in [0.1, 0.15) is 53.6 Å². The lowest BCUT2D eigenvalue weighted by Crippen LogP contribution is -2.37. The molecule has 1 atom stereocenters. The second kappa shape index (κ2) is 7.38. The third-order valence-electron chi connectivity index (χ3n) is 6.30. The second-order valence-corrected chi connectivity index (χ2v) is 9.29. The van der Waals surface area contributed by atoms with Gasteiger partial charge in [0, 0.05) is 11.1 Å². The molecular weight excluding hydrogens is 382 g/mol. The van der Waals surface area contributed by atoms with E-state index in [-0.39, 0.29) is 17.4 Å². The molecule has 1 unspecified atom stereocenters. The molecule has 4 aromatic rings. The minimum Gasteiger partial charge on any atom is -0.345 e. The molecular formula is C27H27N3O. The van der Waals surface area contributed by atoms with E-state index in [0.717, 1.165) is 46.1 Å². The lowest BCUT2D eigenvalue weighted by molar-refractivity contribution is 0.0921. The number of amides is 1. The predicted octanol–water partition coefficient (Wildman–Crippen LogP) is 5.78. The number of rotatable bonds is 3. The molecule has 1 heterocycles. The van der Waals surface area contributed by atoms with Crippen molar-refractivity contribution in [3.8, 4) is 5.69 Å². The number of nitrogens with one attached hydrogen (secondary N) is 1. The van der Waals surface area contributed by atoms with Gasteiger partial charge in [0.1, 0.15) is 0 Å². The molecule has 31 heavy (non-hydrogen) atoms. The van der Waals surface area contributed by atoms with Crippen LogP contribution in [0, 0.1) is 12.3 Å². The predicted molar refractivity (Wildman–Crippen MR) is 125 cm³/mol. The van der Waals surface area contributed by atoms with Gasteiger partial charge >= 0.3 is 0 Å². The Morgan fingerprint density at radius 1 is 1.00 bits per heavy atom. The number of hydrogen-bond acceptors (Lipinski definition) is 2. The zero-order valence-electron chi connectivity index (χ0n) is 18.2. The molecule has 1 aliphatic carbocycles. The molecule has 1 aromatic heterocycles. The van der Waals surface area contributed by atoms with Crippen molar-refractivity contribution in [1.29, 1.82) is 0 Å². The summed E-state index contributed by atoms with van der Waals surface area (Å²) in [7, 11) is 0. The number of carbonyl (C=O) groups excluding carboxylic acids is 1. The molecule has 1 amide bonds. The van der Waals surface area contributed by atoms with Gasteiger partial charge in [-0.05, 0) is 54.2 Å². The van der Waals surface area contributed by atoms with Crippen LogP contribution in [0.15, 0.2) is 72.8 Å². The molecule has 156 valence electrons. The van der Waals surface area contributed by atoms with Crippen LogP contribution in [0.2, 0.25) is 0 Å². The largest absolute Gasteiger partial charge is 0.345 e. The van der Waals surface area contributed by atoms with Gasteiger partial charge < -0.3 is 5.32 Å². The highest BCUT2D eigenvalue weighted by Crippen LogP contribution is 2.43. The van der Waals surface area contributed by atoms with Crippen molar-refractivity contribution >= 4 is 16.7 Å². The minimum atomic E-state index is -0.0670. The summed E-state index contributed by atoms with van der Waals surface area (Å²) in [5, 5.41) is 10.3. The first-order valence-electron chi connectivity index (χ1n) is 10.9. The van der Waals surface area contributed by atoms with E-state index in [4.69, 9.17) is 5.10 Å². The van der Waals surface area contributed by atoms with E-state index in [1.54, 1.807) is 0 Å². The smallest absolute Gasteiger partial charge is 0.252 e. The van der Waals surface area contributed by atoms with E-state index in [1.807, 2.05) is 67.6 Å². The number of hydrogen-bond donors (Lipinski definition) is 1. The van der Waals surface area contributed by atoms with Crippen LogP contribution in [0.25, 0.3) is 16.5 Å². The number of para-hydroxylation sites is 1. The van der Waals surface area contributed by atoms with Crippen molar-refractivity contribution in [1.82, 2.24) is 15.1 Å². The Labute approximate surface area is 182 Å². The topological polar surface area (TPSA) is 46.9 Å². The van der Waals surface area contributed by atoms with Crippen molar-refractivity contribution in [2.45, 2.75) is 39.7 Å². The molecule has 0 saturated carbocycles. The van der Waals surface area contributed by atoms with E-state index in [1.165, 1.54) is 5.69 Å². The first-order valence-corrected chi connectivity index (χ1v) is 10.9. The molecule has 0 radical (unpaired) electrons. The lowest BCUT2D eigenvalue weighted by atomic mass is 9.73. The SMILES string of the molecule is Cc1nn(-c2ccccc2)c2c1C(NC(=O)c1cccc3ccccc13)CC(C)(C)C2. The third kappa shape index (κ3) is 3.52. The van der Waals surface area contributed by atoms with Crippen molar-refractivity contribution in [2.24, 2.45) is 5.41 Å². The summed E-state index contributed by atoms with van der Waals surface area (Å²) in [6.07, 6.45) is 1.82. The number of aromatic nitrogens is 2. The van der Waals surface area contributed by atoms with Crippen LogP contribution in [0.4, 0.5) is 0 Å². The van der Waals surface area contributed by atoms with E-state index < -0.39 is 0 Å². The number of carbonyl (C=O) groups is 1. The molecule has 0 aliphatic heterocycles.